The third kappa shape index (κ3) is 1.64. The summed E-state index contributed by atoms with van der Waals surface area (Å²) in [5.41, 5.74) is -0.0597. The number of rotatable bonds is 0. The number of ether oxygens (including phenoxy) is 2. The molecule has 0 saturated carbocycles. The standard InChI is InChI=1S/C10H14N2O2/c1-10(2,3)9-11-6-7-8(12-9)14-5-4-13-7/h6H,4-5H2,1-3H3. The van der Waals surface area contributed by atoms with E-state index >= 15 is 0 Å². The van der Waals surface area contributed by atoms with Crippen LogP contribution >= 0.6 is 0 Å². The summed E-state index contributed by atoms with van der Waals surface area (Å²) in [5, 5.41) is 0. The fourth-order valence-corrected chi connectivity index (χ4v) is 1.21. The van der Waals surface area contributed by atoms with E-state index in [0.717, 1.165) is 5.82 Å². The molecule has 1 aliphatic heterocycles. The summed E-state index contributed by atoms with van der Waals surface area (Å²) in [4.78, 5) is 8.57. The van der Waals surface area contributed by atoms with Gasteiger partial charge in [-0.3, -0.25) is 0 Å². The van der Waals surface area contributed by atoms with Crippen LogP contribution in [0, 0.1) is 0 Å². The first-order valence-electron chi connectivity index (χ1n) is 4.70. The quantitative estimate of drug-likeness (QED) is 0.628. The Morgan fingerprint density at radius 2 is 1.93 bits per heavy atom. The highest BCUT2D eigenvalue weighted by Gasteiger charge is 2.21. The van der Waals surface area contributed by atoms with Crippen molar-refractivity contribution in [1.82, 2.24) is 9.97 Å². The summed E-state index contributed by atoms with van der Waals surface area (Å²) >= 11 is 0. The zero-order valence-electron chi connectivity index (χ0n) is 8.70. The number of nitrogens with zero attached hydrogens (tertiary/aromatic N) is 2. The minimum atomic E-state index is -0.0597. The lowest BCUT2D eigenvalue weighted by atomic mass is 9.96. The van der Waals surface area contributed by atoms with Crippen molar-refractivity contribution in [2.24, 2.45) is 0 Å². The highest BCUT2D eigenvalue weighted by molar-refractivity contribution is 5.32. The van der Waals surface area contributed by atoms with Gasteiger partial charge >= 0.3 is 0 Å². The van der Waals surface area contributed by atoms with Crippen LogP contribution < -0.4 is 9.47 Å². The second-order valence-electron chi connectivity index (χ2n) is 4.31. The van der Waals surface area contributed by atoms with Crippen molar-refractivity contribution in [3.8, 4) is 11.6 Å². The van der Waals surface area contributed by atoms with E-state index in [1.54, 1.807) is 6.20 Å². The summed E-state index contributed by atoms with van der Waals surface area (Å²) < 4.78 is 10.7. The molecule has 2 heterocycles. The summed E-state index contributed by atoms with van der Waals surface area (Å²) in [5.74, 6) is 1.99. The van der Waals surface area contributed by atoms with Gasteiger partial charge in [0.05, 0.1) is 6.20 Å². The van der Waals surface area contributed by atoms with Gasteiger partial charge in [-0.05, 0) is 0 Å². The lowest BCUT2D eigenvalue weighted by molar-refractivity contribution is 0.162. The van der Waals surface area contributed by atoms with Gasteiger partial charge in [0.2, 0.25) is 0 Å². The lowest BCUT2D eigenvalue weighted by Gasteiger charge is -2.21. The normalized spacial score (nSPS) is 15.4. The van der Waals surface area contributed by atoms with Crippen LogP contribution in [0.3, 0.4) is 0 Å². The maximum absolute atomic E-state index is 5.38. The average Bonchev–Trinajstić information content (AvgIpc) is 2.16. The molecule has 1 aliphatic rings. The lowest BCUT2D eigenvalue weighted by Crippen LogP contribution is -2.21. The molecule has 1 aromatic heterocycles. The van der Waals surface area contributed by atoms with Gasteiger partial charge in [0.1, 0.15) is 19.0 Å². The topological polar surface area (TPSA) is 44.2 Å². The van der Waals surface area contributed by atoms with Crippen LogP contribution in [-0.4, -0.2) is 23.2 Å². The van der Waals surface area contributed by atoms with E-state index in [2.05, 4.69) is 30.7 Å². The average molecular weight is 194 g/mol. The summed E-state index contributed by atoms with van der Waals surface area (Å²) in [6, 6.07) is 0. The molecule has 2 rings (SSSR count). The molecule has 0 atom stereocenters. The Hall–Kier alpha value is -1.32. The SMILES string of the molecule is CC(C)(C)c1ncc2c(n1)OCCO2. The maximum Gasteiger partial charge on any atom is 0.260 e. The molecule has 0 radical (unpaired) electrons. The number of fused-ring (bicyclic) bond motifs is 1. The predicted octanol–water partition coefficient (Wildman–Crippen LogP) is 1.55. The monoisotopic (exact) mass is 194 g/mol. The van der Waals surface area contributed by atoms with Crippen LogP contribution in [0.1, 0.15) is 26.6 Å². The number of aromatic nitrogens is 2. The van der Waals surface area contributed by atoms with Gasteiger partial charge in [0.25, 0.3) is 5.88 Å². The van der Waals surface area contributed by atoms with Crippen LogP contribution in [0.15, 0.2) is 6.20 Å². The molecule has 4 heteroatoms. The minimum Gasteiger partial charge on any atom is -0.483 e. The molecular weight excluding hydrogens is 180 g/mol. The van der Waals surface area contributed by atoms with Crippen molar-refractivity contribution >= 4 is 0 Å². The summed E-state index contributed by atoms with van der Waals surface area (Å²) in [6.45, 7) is 7.34. The molecule has 0 amide bonds. The van der Waals surface area contributed by atoms with E-state index < -0.39 is 0 Å². The second kappa shape index (κ2) is 3.12. The highest BCUT2D eigenvalue weighted by atomic mass is 16.6. The van der Waals surface area contributed by atoms with Crippen molar-refractivity contribution in [3.05, 3.63) is 12.0 Å². The number of hydrogen-bond donors (Lipinski definition) is 0. The largest absolute Gasteiger partial charge is 0.483 e. The highest BCUT2D eigenvalue weighted by Crippen LogP contribution is 2.29. The Balaban J connectivity index is 2.39. The Morgan fingerprint density at radius 1 is 1.21 bits per heavy atom. The van der Waals surface area contributed by atoms with E-state index in [-0.39, 0.29) is 5.41 Å². The molecule has 0 unspecified atom stereocenters. The Bertz CT molecular complexity index is 344. The molecule has 0 saturated heterocycles. The minimum absolute atomic E-state index is 0.0597. The number of hydrogen-bond acceptors (Lipinski definition) is 4. The van der Waals surface area contributed by atoms with Crippen molar-refractivity contribution < 1.29 is 9.47 Å². The molecule has 4 nitrogen and oxygen atoms in total. The van der Waals surface area contributed by atoms with Crippen LogP contribution in [0.2, 0.25) is 0 Å². The van der Waals surface area contributed by atoms with Crippen LogP contribution in [0.4, 0.5) is 0 Å². The molecule has 1 aromatic rings. The first kappa shape index (κ1) is 9.24. The third-order valence-electron chi connectivity index (χ3n) is 1.97. The Labute approximate surface area is 83.3 Å². The van der Waals surface area contributed by atoms with E-state index in [4.69, 9.17) is 9.47 Å². The fourth-order valence-electron chi connectivity index (χ4n) is 1.21. The van der Waals surface area contributed by atoms with Crippen molar-refractivity contribution in [2.75, 3.05) is 13.2 Å². The second-order valence-corrected chi connectivity index (χ2v) is 4.31. The van der Waals surface area contributed by atoms with E-state index in [1.807, 2.05) is 0 Å². The van der Waals surface area contributed by atoms with Gasteiger partial charge in [-0.15, -0.1) is 0 Å². The van der Waals surface area contributed by atoms with E-state index in [1.165, 1.54) is 0 Å². The van der Waals surface area contributed by atoms with Gasteiger partial charge < -0.3 is 9.47 Å². The van der Waals surface area contributed by atoms with Crippen LogP contribution in [0.5, 0.6) is 11.6 Å². The fraction of sp³-hybridized carbons (Fsp3) is 0.600. The third-order valence-corrected chi connectivity index (χ3v) is 1.97. The predicted molar refractivity (Wildman–Crippen MR) is 51.7 cm³/mol. The van der Waals surface area contributed by atoms with Crippen molar-refractivity contribution in [2.45, 2.75) is 26.2 Å². The van der Waals surface area contributed by atoms with E-state index in [0.29, 0.717) is 24.8 Å². The molecule has 0 N–H and O–H groups in total. The molecule has 0 aliphatic carbocycles. The zero-order chi connectivity index (χ0) is 10.2. The molecule has 0 aromatic carbocycles. The van der Waals surface area contributed by atoms with Crippen molar-refractivity contribution in [1.29, 1.82) is 0 Å². The first-order chi connectivity index (χ1) is 6.57. The molecule has 0 fully saturated rings. The van der Waals surface area contributed by atoms with Gasteiger partial charge in [-0.25, -0.2) is 4.98 Å². The van der Waals surface area contributed by atoms with Gasteiger partial charge in [-0.1, -0.05) is 20.8 Å². The molecular formula is C10H14N2O2. The maximum atomic E-state index is 5.38. The first-order valence-corrected chi connectivity index (χ1v) is 4.70. The Morgan fingerprint density at radius 3 is 2.64 bits per heavy atom. The van der Waals surface area contributed by atoms with Gasteiger partial charge in [0, 0.05) is 5.41 Å². The smallest absolute Gasteiger partial charge is 0.260 e. The molecule has 76 valence electrons. The Kier molecular flexibility index (Phi) is 2.06. The van der Waals surface area contributed by atoms with Gasteiger partial charge in [0.15, 0.2) is 5.75 Å². The molecule has 0 bridgehead atoms. The van der Waals surface area contributed by atoms with Gasteiger partial charge in [-0.2, -0.15) is 4.98 Å². The van der Waals surface area contributed by atoms with Crippen LogP contribution in [-0.2, 0) is 5.41 Å². The molecule has 14 heavy (non-hydrogen) atoms. The molecule has 0 spiro atoms. The summed E-state index contributed by atoms with van der Waals surface area (Å²) in [7, 11) is 0. The van der Waals surface area contributed by atoms with Crippen LogP contribution in [0.25, 0.3) is 0 Å². The zero-order valence-corrected chi connectivity index (χ0v) is 8.70. The van der Waals surface area contributed by atoms with Crippen molar-refractivity contribution in [3.63, 3.8) is 0 Å². The summed E-state index contributed by atoms with van der Waals surface area (Å²) in [6.07, 6.45) is 1.68. The van der Waals surface area contributed by atoms with E-state index in [9.17, 15) is 0 Å².